The van der Waals surface area contributed by atoms with Gasteiger partial charge in [0.15, 0.2) is 5.12 Å². The van der Waals surface area contributed by atoms with E-state index < -0.39 is 4.75 Å². The van der Waals surface area contributed by atoms with Gasteiger partial charge >= 0.3 is 5.97 Å². The van der Waals surface area contributed by atoms with Gasteiger partial charge in [-0.15, -0.1) is 0 Å². The molecule has 120 valence electrons. The summed E-state index contributed by atoms with van der Waals surface area (Å²) in [7, 11) is 0. The average molecular weight is 320 g/mol. The van der Waals surface area contributed by atoms with Crippen LogP contribution >= 0.6 is 11.8 Å². The first-order valence-electron chi connectivity index (χ1n) is 7.56. The highest BCUT2D eigenvalue weighted by Crippen LogP contribution is 2.29. The summed E-state index contributed by atoms with van der Waals surface area (Å²) in [6.45, 7) is 5.53. The standard InChI is InChI=1S/C18H24O3S/c1-4-5-6-10-13-18(3,22-15(2)19)17(20)21-14-16-11-8-7-9-12-16/h7-13H,4-6,14H2,1-3H3/t18-/m1/s1. The van der Waals surface area contributed by atoms with E-state index in [9.17, 15) is 9.59 Å². The van der Waals surface area contributed by atoms with Crippen molar-refractivity contribution in [3.8, 4) is 0 Å². The van der Waals surface area contributed by atoms with Gasteiger partial charge in [-0.3, -0.25) is 9.59 Å². The first-order chi connectivity index (χ1) is 10.5. The number of hydrogen-bond donors (Lipinski definition) is 0. The Balaban J connectivity index is 2.70. The lowest BCUT2D eigenvalue weighted by Gasteiger charge is -2.22. The first-order valence-corrected chi connectivity index (χ1v) is 8.38. The van der Waals surface area contributed by atoms with Crippen molar-refractivity contribution in [1.82, 2.24) is 0 Å². The van der Waals surface area contributed by atoms with E-state index in [4.69, 9.17) is 4.74 Å². The van der Waals surface area contributed by atoms with Crippen molar-refractivity contribution in [1.29, 1.82) is 0 Å². The van der Waals surface area contributed by atoms with Crippen molar-refractivity contribution in [2.75, 3.05) is 0 Å². The zero-order chi connectivity index (χ0) is 16.4. The Hall–Kier alpha value is -1.55. The molecule has 4 heteroatoms. The summed E-state index contributed by atoms with van der Waals surface area (Å²) in [5.41, 5.74) is 0.931. The maximum Gasteiger partial charge on any atom is 0.326 e. The van der Waals surface area contributed by atoms with Gasteiger partial charge in [-0.2, -0.15) is 0 Å². The first kappa shape index (κ1) is 18.5. The molecule has 0 aromatic heterocycles. The number of benzene rings is 1. The van der Waals surface area contributed by atoms with Crippen LogP contribution in [0.15, 0.2) is 42.5 Å². The third kappa shape index (κ3) is 6.48. The van der Waals surface area contributed by atoms with Crippen LogP contribution in [0.4, 0.5) is 0 Å². The van der Waals surface area contributed by atoms with E-state index in [1.165, 1.54) is 6.92 Å². The van der Waals surface area contributed by atoms with Gasteiger partial charge in [0.05, 0.1) is 0 Å². The second kappa shape index (κ2) is 9.46. The molecule has 0 heterocycles. The molecule has 0 saturated heterocycles. The van der Waals surface area contributed by atoms with Crippen molar-refractivity contribution in [3.63, 3.8) is 0 Å². The van der Waals surface area contributed by atoms with Gasteiger partial charge in [-0.25, -0.2) is 0 Å². The second-order valence-corrected chi connectivity index (χ2v) is 6.93. The monoisotopic (exact) mass is 320 g/mol. The predicted molar refractivity (Wildman–Crippen MR) is 91.6 cm³/mol. The fourth-order valence-electron chi connectivity index (χ4n) is 1.94. The second-order valence-electron chi connectivity index (χ2n) is 5.31. The van der Waals surface area contributed by atoms with Crippen molar-refractivity contribution < 1.29 is 14.3 Å². The summed E-state index contributed by atoms with van der Waals surface area (Å²) >= 11 is 1.00. The molecule has 0 aliphatic rings. The molecule has 0 N–H and O–H groups in total. The Labute approximate surface area is 137 Å². The predicted octanol–water partition coefficient (Wildman–Crippen LogP) is 4.51. The van der Waals surface area contributed by atoms with Crippen molar-refractivity contribution in [2.24, 2.45) is 0 Å². The summed E-state index contributed by atoms with van der Waals surface area (Å²) in [5, 5.41) is -0.0979. The Morgan fingerprint density at radius 3 is 2.55 bits per heavy atom. The van der Waals surface area contributed by atoms with Crippen molar-refractivity contribution >= 4 is 22.8 Å². The minimum absolute atomic E-state index is 0.0979. The lowest BCUT2D eigenvalue weighted by Crippen LogP contribution is -2.32. The van der Waals surface area contributed by atoms with Gasteiger partial charge in [0, 0.05) is 6.92 Å². The van der Waals surface area contributed by atoms with Crippen LogP contribution in [0.5, 0.6) is 0 Å². The third-order valence-electron chi connectivity index (χ3n) is 3.13. The van der Waals surface area contributed by atoms with Gasteiger partial charge in [0.1, 0.15) is 11.4 Å². The Kier molecular flexibility index (Phi) is 7.96. The Morgan fingerprint density at radius 2 is 1.95 bits per heavy atom. The minimum Gasteiger partial charge on any atom is -0.460 e. The van der Waals surface area contributed by atoms with Gasteiger partial charge in [-0.05, 0) is 18.9 Å². The van der Waals surface area contributed by atoms with E-state index >= 15 is 0 Å². The molecule has 0 radical (unpaired) electrons. The molecule has 1 aromatic rings. The number of carbonyl (C=O) groups excluding carboxylic acids is 2. The van der Waals surface area contributed by atoms with Crippen molar-refractivity contribution in [2.45, 2.75) is 51.4 Å². The molecule has 0 aliphatic carbocycles. The number of allylic oxidation sites excluding steroid dienone is 1. The molecule has 1 aromatic carbocycles. The quantitative estimate of drug-likeness (QED) is 0.401. The number of hydrogen-bond acceptors (Lipinski definition) is 4. The van der Waals surface area contributed by atoms with Gasteiger partial charge in [0.25, 0.3) is 0 Å². The molecule has 1 atom stereocenters. The van der Waals surface area contributed by atoms with Crippen LogP contribution in [0.2, 0.25) is 0 Å². The zero-order valence-corrected chi connectivity index (χ0v) is 14.3. The SMILES string of the molecule is CCCCC=C[C@@](C)(SC(C)=O)C(=O)OCc1ccccc1. The number of unbranched alkanes of at least 4 members (excludes halogenated alkanes) is 2. The number of esters is 1. The van der Waals surface area contributed by atoms with Crippen molar-refractivity contribution in [3.05, 3.63) is 48.0 Å². The summed E-state index contributed by atoms with van der Waals surface area (Å²) < 4.78 is 4.42. The molecule has 1 rings (SSSR count). The Bertz CT molecular complexity index is 510. The smallest absolute Gasteiger partial charge is 0.326 e. The molecule has 0 amide bonds. The van der Waals surface area contributed by atoms with E-state index in [-0.39, 0.29) is 17.7 Å². The highest BCUT2D eigenvalue weighted by atomic mass is 32.2. The molecule has 0 spiro atoms. The number of ether oxygens (including phenoxy) is 1. The normalized spacial score (nSPS) is 13.8. The number of carbonyl (C=O) groups is 2. The largest absolute Gasteiger partial charge is 0.460 e. The Morgan fingerprint density at radius 1 is 1.27 bits per heavy atom. The summed E-state index contributed by atoms with van der Waals surface area (Å²) in [6.07, 6.45) is 6.82. The molecule has 0 fully saturated rings. The fraction of sp³-hybridized carbons (Fsp3) is 0.444. The number of thioether (sulfide) groups is 1. The molecule has 0 saturated carbocycles. The van der Waals surface area contributed by atoms with E-state index in [1.807, 2.05) is 36.4 Å². The van der Waals surface area contributed by atoms with Gasteiger partial charge in [0.2, 0.25) is 0 Å². The number of rotatable bonds is 8. The van der Waals surface area contributed by atoms with E-state index in [1.54, 1.807) is 13.0 Å². The molecule has 0 unspecified atom stereocenters. The maximum absolute atomic E-state index is 12.4. The fourth-order valence-corrected chi connectivity index (χ4v) is 2.84. The van der Waals surface area contributed by atoms with Crippen LogP contribution < -0.4 is 0 Å². The van der Waals surface area contributed by atoms with E-state index in [0.717, 1.165) is 36.6 Å². The topological polar surface area (TPSA) is 43.4 Å². The third-order valence-corrected chi connectivity index (χ3v) is 4.15. The molecular weight excluding hydrogens is 296 g/mol. The summed E-state index contributed by atoms with van der Waals surface area (Å²) in [6, 6.07) is 9.52. The highest BCUT2D eigenvalue weighted by Gasteiger charge is 2.34. The van der Waals surface area contributed by atoms with E-state index in [2.05, 4.69) is 6.92 Å². The van der Waals surface area contributed by atoms with Gasteiger partial charge < -0.3 is 4.74 Å². The van der Waals surface area contributed by atoms with Crippen LogP contribution in [0.3, 0.4) is 0 Å². The maximum atomic E-state index is 12.4. The molecule has 0 bridgehead atoms. The summed E-state index contributed by atoms with van der Waals surface area (Å²) in [4.78, 5) is 23.8. The van der Waals surface area contributed by atoms with Crippen LogP contribution in [0, 0.1) is 0 Å². The highest BCUT2D eigenvalue weighted by molar-refractivity contribution is 8.15. The molecule has 0 aliphatic heterocycles. The van der Waals surface area contributed by atoms with Crippen LogP contribution in [0.1, 0.15) is 45.6 Å². The van der Waals surface area contributed by atoms with Crippen LogP contribution in [0.25, 0.3) is 0 Å². The van der Waals surface area contributed by atoms with E-state index in [0.29, 0.717) is 0 Å². The minimum atomic E-state index is -0.964. The lowest BCUT2D eigenvalue weighted by atomic mass is 10.1. The summed E-state index contributed by atoms with van der Waals surface area (Å²) in [5.74, 6) is -0.385. The molecule has 22 heavy (non-hydrogen) atoms. The molecule has 3 nitrogen and oxygen atoms in total. The van der Waals surface area contributed by atoms with Crippen LogP contribution in [-0.2, 0) is 20.9 Å². The average Bonchev–Trinajstić information content (AvgIpc) is 2.49. The zero-order valence-electron chi connectivity index (χ0n) is 13.5. The van der Waals surface area contributed by atoms with Crippen LogP contribution in [-0.4, -0.2) is 15.8 Å². The molecular formula is C18H24O3S. The lowest BCUT2D eigenvalue weighted by molar-refractivity contribution is -0.146. The van der Waals surface area contributed by atoms with Gasteiger partial charge in [-0.1, -0.05) is 74.0 Å².